The lowest BCUT2D eigenvalue weighted by molar-refractivity contribution is -0.140. The molecule has 0 aliphatic rings. The summed E-state index contributed by atoms with van der Waals surface area (Å²) in [5, 5.41) is 8.76. The van der Waals surface area contributed by atoms with Crippen LogP contribution in [0.1, 0.15) is 0 Å². The quantitative estimate of drug-likeness (QED) is 0.370. The largest absolute Gasteiger partial charge is 0.460 e. The van der Waals surface area contributed by atoms with Crippen LogP contribution in [0.4, 0.5) is 0 Å². The first-order valence-corrected chi connectivity index (χ1v) is 3.27. The zero-order valence-corrected chi connectivity index (χ0v) is 6.17. The standard InChI is InChI=1S/C6H9ClO3/c1-2-6(9)10-4-5(8)3-7/h2,5,8H,1,3-4H2/t5-/m0/s1. The summed E-state index contributed by atoms with van der Waals surface area (Å²) in [7, 11) is 0. The molecule has 1 atom stereocenters. The lowest BCUT2D eigenvalue weighted by atomic mass is 10.4. The summed E-state index contributed by atoms with van der Waals surface area (Å²) in [4.78, 5) is 10.3. The van der Waals surface area contributed by atoms with Crippen LogP contribution in [0.15, 0.2) is 12.7 Å². The number of rotatable bonds is 4. The Morgan fingerprint density at radius 1 is 1.90 bits per heavy atom. The third-order valence-corrected chi connectivity index (χ3v) is 1.12. The van der Waals surface area contributed by atoms with Crippen LogP contribution in [-0.2, 0) is 9.53 Å². The Balaban J connectivity index is 3.34. The first-order chi connectivity index (χ1) is 4.70. The molecule has 0 rings (SSSR count). The van der Waals surface area contributed by atoms with Crippen molar-refractivity contribution in [3.63, 3.8) is 0 Å². The van der Waals surface area contributed by atoms with Crippen molar-refractivity contribution in [2.75, 3.05) is 12.5 Å². The van der Waals surface area contributed by atoms with Crippen molar-refractivity contribution in [2.45, 2.75) is 6.10 Å². The zero-order chi connectivity index (χ0) is 7.98. The van der Waals surface area contributed by atoms with E-state index in [-0.39, 0.29) is 12.5 Å². The molecule has 0 bridgehead atoms. The van der Waals surface area contributed by atoms with Gasteiger partial charge in [-0.2, -0.15) is 0 Å². The van der Waals surface area contributed by atoms with Crippen LogP contribution < -0.4 is 0 Å². The average Bonchev–Trinajstić information content (AvgIpc) is 1.99. The zero-order valence-electron chi connectivity index (χ0n) is 5.42. The summed E-state index contributed by atoms with van der Waals surface area (Å²) >= 11 is 5.21. The monoisotopic (exact) mass is 164 g/mol. The normalized spacial score (nSPS) is 12.2. The van der Waals surface area contributed by atoms with Crippen molar-refractivity contribution < 1.29 is 14.6 Å². The summed E-state index contributed by atoms with van der Waals surface area (Å²) < 4.78 is 4.45. The fourth-order valence-corrected chi connectivity index (χ4v) is 0.371. The first-order valence-electron chi connectivity index (χ1n) is 2.74. The van der Waals surface area contributed by atoms with Gasteiger partial charge in [-0.15, -0.1) is 11.6 Å². The first kappa shape index (κ1) is 9.46. The van der Waals surface area contributed by atoms with E-state index in [0.717, 1.165) is 6.08 Å². The second kappa shape index (κ2) is 5.26. The number of hydrogen-bond donors (Lipinski definition) is 1. The van der Waals surface area contributed by atoms with Gasteiger partial charge in [0.25, 0.3) is 0 Å². The molecule has 4 heteroatoms. The molecule has 0 fully saturated rings. The Morgan fingerprint density at radius 2 is 2.50 bits per heavy atom. The van der Waals surface area contributed by atoms with Gasteiger partial charge in [0.15, 0.2) is 0 Å². The number of esters is 1. The van der Waals surface area contributed by atoms with E-state index in [0.29, 0.717) is 0 Å². The third-order valence-electron chi connectivity index (χ3n) is 0.763. The number of carbonyl (C=O) groups is 1. The molecule has 0 spiro atoms. The number of alkyl halides is 1. The molecule has 3 nitrogen and oxygen atoms in total. The summed E-state index contributed by atoms with van der Waals surface area (Å²) in [5.74, 6) is -0.492. The highest BCUT2D eigenvalue weighted by Crippen LogP contribution is 1.89. The molecule has 10 heavy (non-hydrogen) atoms. The van der Waals surface area contributed by atoms with Gasteiger partial charge >= 0.3 is 5.97 Å². The molecule has 0 aliphatic heterocycles. The summed E-state index contributed by atoms with van der Waals surface area (Å²) in [6, 6.07) is 0. The molecule has 0 heterocycles. The molecule has 0 saturated heterocycles. The van der Waals surface area contributed by atoms with E-state index in [1.807, 2.05) is 0 Å². The van der Waals surface area contributed by atoms with Crippen LogP contribution >= 0.6 is 11.6 Å². The van der Waals surface area contributed by atoms with E-state index >= 15 is 0 Å². The molecule has 58 valence electrons. The number of ether oxygens (including phenoxy) is 1. The van der Waals surface area contributed by atoms with Crippen molar-refractivity contribution in [1.29, 1.82) is 0 Å². The van der Waals surface area contributed by atoms with E-state index in [1.165, 1.54) is 0 Å². The highest BCUT2D eigenvalue weighted by Gasteiger charge is 2.03. The van der Waals surface area contributed by atoms with Crippen molar-refractivity contribution in [3.8, 4) is 0 Å². The minimum Gasteiger partial charge on any atom is -0.460 e. The number of carbonyl (C=O) groups excluding carboxylic acids is 1. The van der Waals surface area contributed by atoms with Gasteiger partial charge in [-0.1, -0.05) is 6.58 Å². The highest BCUT2D eigenvalue weighted by molar-refractivity contribution is 6.18. The van der Waals surface area contributed by atoms with Crippen LogP contribution in [0.3, 0.4) is 0 Å². The molecular weight excluding hydrogens is 156 g/mol. The number of aliphatic hydroxyl groups excluding tert-OH is 1. The molecule has 0 aliphatic carbocycles. The molecule has 0 saturated carbocycles. The van der Waals surface area contributed by atoms with Gasteiger partial charge in [0.2, 0.25) is 0 Å². The molecule has 0 unspecified atom stereocenters. The Kier molecular flexibility index (Phi) is 4.98. The third kappa shape index (κ3) is 4.35. The van der Waals surface area contributed by atoms with E-state index in [9.17, 15) is 4.79 Å². The second-order valence-corrected chi connectivity index (χ2v) is 1.95. The maximum absolute atomic E-state index is 10.3. The molecule has 0 aromatic carbocycles. The molecular formula is C6H9ClO3. The fraction of sp³-hybridized carbons (Fsp3) is 0.500. The van der Waals surface area contributed by atoms with Crippen LogP contribution in [0.2, 0.25) is 0 Å². The Bertz CT molecular complexity index is 124. The highest BCUT2D eigenvalue weighted by atomic mass is 35.5. The molecule has 0 aromatic rings. The maximum Gasteiger partial charge on any atom is 0.330 e. The van der Waals surface area contributed by atoms with Crippen molar-refractivity contribution in [1.82, 2.24) is 0 Å². The molecule has 1 N–H and O–H groups in total. The minimum atomic E-state index is -0.787. The average molecular weight is 165 g/mol. The predicted molar refractivity (Wildman–Crippen MR) is 37.9 cm³/mol. The van der Waals surface area contributed by atoms with Gasteiger partial charge in [0.1, 0.15) is 12.7 Å². The SMILES string of the molecule is C=CC(=O)OC[C@@H](O)CCl. The number of aliphatic hydroxyl groups is 1. The smallest absolute Gasteiger partial charge is 0.330 e. The van der Waals surface area contributed by atoms with E-state index in [1.54, 1.807) is 0 Å². The number of hydrogen-bond acceptors (Lipinski definition) is 3. The van der Waals surface area contributed by atoms with Crippen LogP contribution in [0, 0.1) is 0 Å². The summed E-state index contributed by atoms with van der Waals surface area (Å²) in [6.07, 6.45) is 0.242. The van der Waals surface area contributed by atoms with Crippen molar-refractivity contribution in [2.24, 2.45) is 0 Å². The van der Waals surface area contributed by atoms with E-state index in [4.69, 9.17) is 16.7 Å². The van der Waals surface area contributed by atoms with Gasteiger partial charge in [-0.25, -0.2) is 4.79 Å². The van der Waals surface area contributed by atoms with Crippen molar-refractivity contribution >= 4 is 17.6 Å². The lowest BCUT2D eigenvalue weighted by Gasteiger charge is -2.04. The summed E-state index contributed by atoms with van der Waals surface area (Å²) in [6.45, 7) is 3.10. The van der Waals surface area contributed by atoms with Crippen LogP contribution in [-0.4, -0.2) is 29.7 Å². The molecule has 0 amide bonds. The summed E-state index contributed by atoms with van der Waals surface area (Å²) in [5.41, 5.74) is 0. The molecule has 0 radical (unpaired) electrons. The van der Waals surface area contributed by atoms with Gasteiger partial charge in [-0.05, 0) is 0 Å². The minimum absolute atomic E-state index is 0.0599. The van der Waals surface area contributed by atoms with Crippen LogP contribution in [0.5, 0.6) is 0 Å². The van der Waals surface area contributed by atoms with Gasteiger partial charge in [-0.3, -0.25) is 0 Å². The van der Waals surface area contributed by atoms with Crippen LogP contribution in [0.25, 0.3) is 0 Å². The second-order valence-electron chi connectivity index (χ2n) is 1.64. The van der Waals surface area contributed by atoms with E-state index < -0.39 is 12.1 Å². The topological polar surface area (TPSA) is 46.5 Å². The molecule has 0 aromatic heterocycles. The van der Waals surface area contributed by atoms with Gasteiger partial charge in [0, 0.05) is 6.08 Å². The maximum atomic E-state index is 10.3. The fourth-order valence-electron chi connectivity index (χ4n) is 0.282. The van der Waals surface area contributed by atoms with E-state index in [2.05, 4.69) is 11.3 Å². The Labute approximate surface area is 64.2 Å². The Morgan fingerprint density at radius 3 is 2.90 bits per heavy atom. The van der Waals surface area contributed by atoms with Gasteiger partial charge < -0.3 is 9.84 Å². The van der Waals surface area contributed by atoms with Gasteiger partial charge in [0.05, 0.1) is 5.88 Å². The van der Waals surface area contributed by atoms with Crippen molar-refractivity contribution in [3.05, 3.63) is 12.7 Å². The number of halogens is 1. The Hall–Kier alpha value is -0.540. The predicted octanol–water partition coefficient (Wildman–Crippen LogP) is 0.315. The lowest BCUT2D eigenvalue weighted by Crippen LogP contribution is -2.18.